The van der Waals surface area contributed by atoms with Gasteiger partial charge in [-0.2, -0.15) is 0 Å². The number of para-hydroxylation sites is 1. The molecule has 1 N–H and O–H groups in total. The average molecular weight is 341 g/mol. The molecule has 126 valence electrons. The Morgan fingerprint density at radius 1 is 1.30 bits per heavy atom. The first-order chi connectivity index (χ1) is 10.6. The molecule has 1 aromatic rings. The van der Waals surface area contributed by atoms with Gasteiger partial charge in [-0.1, -0.05) is 32.0 Å². The van der Waals surface area contributed by atoms with Crippen LogP contribution >= 0.6 is 0 Å². The van der Waals surface area contributed by atoms with Crippen molar-refractivity contribution in [3.8, 4) is 0 Å². The number of ether oxygens (including phenoxy) is 1. The van der Waals surface area contributed by atoms with Gasteiger partial charge in [0.2, 0.25) is 0 Å². The number of hydrogen-bond donors (Lipinski definition) is 1. The van der Waals surface area contributed by atoms with E-state index >= 15 is 0 Å². The predicted octanol–water partition coefficient (Wildman–Crippen LogP) is 1.42. The van der Waals surface area contributed by atoms with Crippen LogP contribution in [0.1, 0.15) is 19.4 Å². The molecule has 0 aromatic heterocycles. The lowest BCUT2D eigenvalue weighted by molar-refractivity contribution is -0.139. The first-order valence-corrected chi connectivity index (χ1v) is 9.08. The molecule has 0 radical (unpaired) electrons. The van der Waals surface area contributed by atoms with Crippen LogP contribution in [0.5, 0.6) is 0 Å². The molecule has 1 atom stereocenters. The second-order valence-electron chi connectivity index (χ2n) is 6.09. The largest absolute Gasteiger partial charge is 0.480 e. The number of rotatable bonds is 4. The molecule has 2 rings (SSSR count). The Kier molecular flexibility index (Phi) is 4.39. The highest BCUT2D eigenvalue weighted by Crippen LogP contribution is 2.45. The quantitative estimate of drug-likeness (QED) is 0.889. The van der Waals surface area contributed by atoms with E-state index in [1.807, 2.05) is 0 Å². The van der Waals surface area contributed by atoms with Gasteiger partial charge >= 0.3 is 12.1 Å². The van der Waals surface area contributed by atoms with E-state index in [1.54, 1.807) is 38.1 Å². The second kappa shape index (κ2) is 5.84. The average Bonchev–Trinajstić information content (AvgIpc) is 2.66. The van der Waals surface area contributed by atoms with Crippen LogP contribution in [0.2, 0.25) is 0 Å². The fourth-order valence-electron chi connectivity index (χ4n) is 2.81. The number of nitrogens with zero attached hydrogens (tertiary/aromatic N) is 1. The van der Waals surface area contributed by atoms with E-state index in [4.69, 9.17) is 4.74 Å². The zero-order valence-electron chi connectivity index (χ0n) is 13.1. The van der Waals surface area contributed by atoms with Gasteiger partial charge in [-0.15, -0.1) is 0 Å². The van der Waals surface area contributed by atoms with Gasteiger partial charge in [0.25, 0.3) is 0 Å². The molecule has 0 saturated carbocycles. The lowest BCUT2D eigenvalue weighted by Gasteiger charge is -2.29. The van der Waals surface area contributed by atoms with Crippen LogP contribution in [-0.2, 0) is 24.8 Å². The van der Waals surface area contributed by atoms with Gasteiger partial charge in [0.05, 0.1) is 11.4 Å². The summed E-state index contributed by atoms with van der Waals surface area (Å²) in [5, 5.41) is 9.55. The minimum atomic E-state index is -3.27. The Hall–Kier alpha value is -2.09. The lowest BCUT2D eigenvalue weighted by Crippen LogP contribution is -2.50. The summed E-state index contributed by atoms with van der Waals surface area (Å²) in [6.45, 7) is 3.17. The smallest absolute Gasteiger partial charge is 0.415 e. The molecule has 1 amide bonds. The number of carbonyl (C=O) groups excluding carboxylic acids is 1. The fraction of sp³-hybridized carbons (Fsp3) is 0.467. The molecule has 1 heterocycles. The Morgan fingerprint density at radius 3 is 2.48 bits per heavy atom. The number of carbonyl (C=O) groups is 2. The summed E-state index contributed by atoms with van der Waals surface area (Å²) in [5.41, 5.74) is 0.403. The third kappa shape index (κ3) is 3.31. The molecule has 1 aliphatic heterocycles. The van der Waals surface area contributed by atoms with Crippen molar-refractivity contribution >= 4 is 27.6 Å². The van der Waals surface area contributed by atoms with Crippen LogP contribution < -0.4 is 4.90 Å². The number of anilines is 1. The molecular formula is C15H19NO6S. The van der Waals surface area contributed by atoms with Gasteiger partial charge in [0.1, 0.15) is 12.6 Å². The molecule has 1 aromatic carbocycles. The summed E-state index contributed by atoms with van der Waals surface area (Å²) in [7, 11) is -3.27. The van der Waals surface area contributed by atoms with Gasteiger partial charge in [-0.25, -0.2) is 18.0 Å². The van der Waals surface area contributed by atoms with E-state index < -0.39 is 33.4 Å². The normalized spacial score (nSPS) is 19.3. The SMILES string of the molecule is CC1(C)c2ccccc2N(C(=O)OCCS(C)(=O)=O)C1C(=O)O. The first-order valence-electron chi connectivity index (χ1n) is 7.02. The summed E-state index contributed by atoms with van der Waals surface area (Å²) < 4.78 is 27.2. The van der Waals surface area contributed by atoms with Crippen molar-refractivity contribution in [3.63, 3.8) is 0 Å². The van der Waals surface area contributed by atoms with E-state index in [2.05, 4.69) is 0 Å². The molecule has 8 heteroatoms. The Balaban J connectivity index is 2.31. The van der Waals surface area contributed by atoms with E-state index in [0.717, 1.165) is 16.7 Å². The maximum absolute atomic E-state index is 12.3. The van der Waals surface area contributed by atoms with E-state index in [9.17, 15) is 23.1 Å². The van der Waals surface area contributed by atoms with Crippen molar-refractivity contribution in [2.24, 2.45) is 0 Å². The van der Waals surface area contributed by atoms with Crippen LogP contribution in [-0.4, -0.2) is 50.2 Å². The minimum absolute atomic E-state index is 0.310. The summed E-state index contributed by atoms with van der Waals surface area (Å²) in [4.78, 5) is 25.1. The summed E-state index contributed by atoms with van der Waals surface area (Å²) in [6, 6.07) is 5.78. The van der Waals surface area contributed by atoms with Crippen molar-refractivity contribution in [3.05, 3.63) is 29.8 Å². The van der Waals surface area contributed by atoms with Crippen molar-refractivity contribution in [2.75, 3.05) is 23.5 Å². The van der Waals surface area contributed by atoms with Gasteiger partial charge in [-0.05, 0) is 11.6 Å². The highest BCUT2D eigenvalue weighted by atomic mass is 32.2. The maximum Gasteiger partial charge on any atom is 0.415 e. The van der Waals surface area contributed by atoms with Crippen LogP contribution in [0, 0.1) is 0 Å². The molecule has 7 nitrogen and oxygen atoms in total. The summed E-state index contributed by atoms with van der Waals surface area (Å²) >= 11 is 0. The fourth-order valence-corrected chi connectivity index (χ4v) is 3.20. The van der Waals surface area contributed by atoms with Gasteiger partial charge in [0, 0.05) is 11.7 Å². The minimum Gasteiger partial charge on any atom is -0.480 e. The molecule has 23 heavy (non-hydrogen) atoms. The topological polar surface area (TPSA) is 101 Å². The second-order valence-corrected chi connectivity index (χ2v) is 8.35. The Morgan fingerprint density at radius 2 is 1.91 bits per heavy atom. The number of sulfone groups is 1. The zero-order chi connectivity index (χ0) is 17.4. The highest BCUT2D eigenvalue weighted by molar-refractivity contribution is 7.90. The van der Waals surface area contributed by atoms with Crippen LogP contribution in [0.25, 0.3) is 0 Å². The third-order valence-electron chi connectivity index (χ3n) is 3.91. The van der Waals surface area contributed by atoms with Crippen LogP contribution in [0.4, 0.5) is 10.5 Å². The molecule has 0 saturated heterocycles. The van der Waals surface area contributed by atoms with Crippen LogP contribution in [0.15, 0.2) is 24.3 Å². The highest BCUT2D eigenvalue weighted by Gasteiger charge is 2.51. The Labute approximate surface area is 134 Å². The van der Waals surface area contributed by atoms with Gasteiger partial charge in [-0.3, -0.25) is 4.90 Å². The van der Waals surface area contributed by atoms with Crippen molar-refractivity contribution in [1.29, 1.82) is 0 Å². The van der Waals surface area contributed by atoms with Gasteiger partial charge < -0.3 is 9.84 Å². The molecule has 1 aliphatic rings. The number of hydrogen-bond acceptors (Lipinski definition) is 5. The molecular weight excluding hydrogens is 322 g/mol. The molecule has 0 spiro atoms. The summed E-state index contributed by atoms with van der Waals surface area (Å²) in [5.74, 6) is -1.46. The van der Waals surface area contributed by atoms with E-state index in [1.165, 1.54) is 0 Å². The molecule has 1 unspecified atom stereocenters. The molecule has 0 aliphatic carbocycles. The lowest BCUT2D eigenvalue weighted by atomic mass is 9.80. The standard InChI is InChI=1S/C15H19NO6S/c1-15(2)10-6-4-5-7-11(10)16(12(15)13(17)18)14(19)22-8-9-23(3,20)21/h4-7,12H,8-9H2,1-3H3,(H,17,18). The molecule has 0 bridgehead atoms. The van der Waals surface area contributed by atoms with E-state index in [0.29, 0.717) is 5.69 Å². The predicted molar refractivity (Wildman–Crippen MR) is 84.4 cm³/mol. The number of fused-ring (bicyclic) bond motifs is 1. The Bertz CT molecular complexity index is 740. The number of benzene rings is 1. The van der Waals surface area contributed by atoms with Crippen LogP contribution in [0.3, 0.4) is 0 Å². The zero-order valence-corrected chi connectivity index (χ0v) is 14.0. The number of carboxylic acid groups (broad SMARTS) is 1. The number of aliphatic carboxylic acids is 1. The van der Waals surface area contributed by atoms with Crippen molar-refractivity contribution in [1.82, 2.24) is 0 Å². The summed E-state index contributed by atoms with van der Waals surface area (Å²) in [6.07, 6.45) is 0.175. The third-order valence-corrected chi connectivity index (χ3v) is 4.82. The maximum atomic E-state index is 12.3. The number of carboxylic acids is 1. The monoisotopic (exact) mass is 341 g/mol. The molecule has 0 fully saturated rings. The van der Waals surface area contributed by atoms with Gasteiger partial charge in [0.15, 0.2) is 9.84 Å². The first kappa shape index (κ1) is 17.3. The van der Waals surface area contributed by atoms with Crippen molar-refractivity contribution < 1.29 is 27.9 Å². The number of amides is 1. The van der Waals surface area contributed by atoms with Crippen molar-refractivity contribution in [2.45, 2.75) is 25.3 Å². The van der Waals surface area contributed by atoms with E-state index in [-0.39, 0.29) is 12.4 Å².